The van der Waals surface area contributed by atoms with E-state index in [9.17, 15) is 9.59 Å². The molecule has 0 atom stereocenters. The number of methoxy groups -OCH3 is 2. The smallest absolute Gasteiger partial charge is 0.409 e. The first-order valence-corrected chi connectivity index (χ1v) is 9.15. The maximum Gasteiger partial charge on any atom is 0.409 e. The van der Waals surface area contributed by atoms with E-state index in [1.165, 1.54) is 0 Å². The summed E-state index contributed by atoms with van der Waals surface area (Å²) in [6.07, 6.45) is 4.84. The number of carbonyl (C=O) groups is 2. The lowest BCUT2D eigenvalue weighted by molar-refractivity contribution is 0.0859. The summed E-state index contributed by atoms with van der Waals surface area (Å²) in [6, 6.07) is 3.47. The third-order valence-corrected chi connectivity index (χ3v) is 4.47. The quantitative estimate of drug-likeness (QED) is 0.826. The fraction of sp³-hybridized carbons (Fsp3) is 0.500. The summed E-state index contributed by atoms with van der Waals surface area (Å²) in [6.45, 7) is 5.19. The number of nitrogens with zero attached hydrogens (tertiary/aromatic N) is 1. The minimum Gasteiger partial charge on any atom is -0.493 e. The van der Waals surface area contributed by atoms with Crippen LogP contribution < -0.4 is 14.8 Å². The monoisotopic (exact) mass is 376 g/mol. The van der Waals surface area contributed by atoms with Gasteiger partial charge in [0.25, 0.3) is 5.91 Å². The number of carbonyl (C=O) groups excluding carboxylic acids is 2. The Hall–Kier alpha value is -2.70. The molecular formula is C20H28N2O5. The maximum absolute atomic E-state index is 12.7. The molecule has 27 heavy (non-hydrogen) atoms. The van der Waals surface area contributed by atoms with Gasteiger partial charge in [0, 0.05) is 30.3 Å². The van der Waals surface area contributed by atoms with Crippen LogP contribution in [0.3, 0.4) is 0 Å². The molecule has 0 aromatic heterocycles. The number of nitrogens with one attached hydrogen (secondary N) is 1. The van der Waals surface area contributed by atoms with Gasteiger partial charge in [0.15, 0.2) is 11.5 Å². The van der Waals surface area contributed by atoms with Crippen molar-refractivity contribution < 1.29 is 23.8 Å². The lowest BCUT2D eigenvalue weighted by Gasteiger charge is -2.31. The molecule has 0 radical (unpaired) electrons. The Morgan fingerprint density at radius 3 is 2.48 bits per heavy atom. The second kappa shape index (κ2) is 9.85. The summed E-state index contributed by atoms with van der Waals surface area (Å²) in [4.78, 5) is 26.2. The van der Waals surface area contributed by atoms with Crippen molar-refractivity contribution in [1.29, 1.82) is 0 Å². The van der Waals surface area contributed by atoms with Crippen molar-refractivity contribution in [2.75, 3.05) is 33.9 Å². The van der Waals surface area contributed by atoms with Gasteiger partial charge in [0.2, 0.25) is 0 Å². The number of rotatable bonds is 6. The number of likely N-dealkylation sites (tertiary alicyclic amines) is 1. The van der Waals surface area contributed by atoms with Gasteiger partial charge in [-0.25, -0.2) is 4.79 Å². The summed E-state index contributed by atoms with van der Waals surface area (Å²) in [5.74, 6) is 0.932. The minimum absolute atomic E-state index is 0.0152. The van der Waals surface area contributed by atoms with Gasteiger partial charge >= 0.3 is 6.09 Å². The van der Waals surface area contributed by atoms with Gasteiger partial charge in [-0.15, -0.1) is 0 Å². The number of hydrogen-bond donors (Lipinski definition) is 1. The van der Waals surface area contributed by atoms with Crippen LogP contribution in [-0.2, 0) is 4.74 Å². The van der Waals surface area contributed by atoms with Crippen LogP contribution in [0.1, 0.15) is 42.6 Å². The summed E-state index contributed by atoms with van der Waals surface area (Å²) in [5, 5.41) is 3.05. The van der Waals surface area contributed by atoms with Crippen LogP contribution in [0.2, 0.25) is 0 Å². The Kier molecular flexibility index (Phi) is 7.52. The first-order valence-electron chi connectivity index (χ1n) is 9.15. The lowest BCUT2D eigenvalue weighted by Crippen LogP contribution is -2.46. The van der Waals surface area contributed by atoms with Crippen LogP contribution in [0, 0.1) is 0 Å². The molecule has 1 aliphatic rings. The molecule has 0 unspecified atom stereocenters. The molecule has 7 nitrogen and oxygen atoms in total. The van der Waals surface area contributed by atoms with E-state index in [0.29, 0.717) is 49.6 Å². The van der Waals surface area contributed by atoms with Crippen LogP contribution in [0.15, 0.2) is 18.2 Å². The van der Waals surface area contributed by atoms with Gasteiger partial charge in [-0.05, 0) is 38.8 Å². The molecule has 1 fully saturated rings. The molecule has 148 valence electrons. The second-order valence-corrected chi connectivity index (χ2v) is 6.23. The fourth-order valence-corrected chi connectivity index (χ4v) is 3.12. The summed E-state index contributed by atoms with van der Waals surface area (Å²) < 4.78 is 15.8. The third kappa shape index (κ3) is 5.15. The predicted molar refractivity (Wildman–Crippen MR) is 103 cm³/mol. The van der Waals surface area contributed by atoms with Gasteiger partial charge in [-0.3, -0.25) is 4.79 Å². The van der Waals surface area contributed by atoms with E-state index < -0.39 is 0 Å². The molecule has 0 aliphatic carbocycles. The number of piperidine rings is 1. The Morgan fingerprint density at radius 1 is 1.22 bits per heavy atom. The summed E-state index contributed by atoms with van der Waals surface area (Å²) >= 11 is 0. The van der Waals surface area contributed by atoms with Gasteiger partial charge in [-0.2, -0.15) is 0 Å². The largest absolute Gasteiger partial charge is 0.493 e. The number of hydrogen-bond acceptors (Lipinski definition) is 5. The third-order valence-electron chi connectivity index (χ3n) is 4.47. The Bertz CT molecular complexity index is 694. The molecule has 0 bridgehead atoms. The van der Waals surface area contributed by atoms with E-state index in [4.69, 9.17) is 14.2 Å². The molecular weight excluding hydrogens is 348 g/mol. The van der Waals surface area contributed by atoms with E-state index in [-0.39, 0.29) is 18.0 Å². The molecule has 1 aromatic rings. The van der Waals surface area contributed by atoms with Crippen molar-refractivity contribution in [2.24, 2.45) is 0 Å². The molecule has 1 heterocycles. The molecule has 0 saturated carbocycles. The Morgan fingerprint density at radius 2 is 1.93 bits per heavy atom. The van der Waals surface area contributed by atoms with Crippen molar-refractivity contribution in [3.05, 3.63) is 29.3 Å². The highest BCUT2D eigenvalue weighted by atomic mass is 16.6. The molecule has 2 rings (SSSR count). The van der Waals surface area contributed by atoms with Gasteiger partial charge in [0.1, 0.15) is 0 Å². The number of ether oxygens (including phenoxy) is 3. The SMILES string of the molecule is C/C=C/c1cc(C(=O)NC2CCN(C(=O)OCC)CC2)cc(OC)c1OC. The van der Waals surface area contributed by atoms with E-state index in [2.05, 4.69) is 5.32 Å². The summed E-state index contributed by atoms with van der Waals surface area (Å²) in [5.41, 5.74) is 1.29. The van der Waals surface area contributed by atoms with Crippen molar-refractivity contribution >= 4 is 18.1 Å². The van der Waals surface area contributed by atoms with Crippen LogP contribution in [0.5, 0.6) is 11.5 Å². The molecule has 1 saturated heterocycles. The normalized spacial score (nSPS) is 14.9. The van der Waals surface area contributed by atoms with Crippen LogP contribution in [0.25, 0.3) is 6.08 Å². The number of allylic oxidation sites excluding steroid dienone is 1. The zero-order chi connectivity index (χ0) is 19.8. The number of benzene rings is 1. The van der Waals surface area contributed by atoms with E-state index in [1.54, 1.807) is 38.2 Å². The van der Waals surface area contributed by atoms with E-state index >= 15 is 0 Å². The zero-order valence-corrected chi connectivity index (χ0v) is 16.4. The average molecular weight is 376 g/mol. The molecule has 1 aromatic carbocycles. The minimum atomic E-state index is -0.293. The van der Waals surface area contributed by atoms with E-state index in [1.807, 2.05) is 19.1 Å². The Balaban J connectivity index is 2.06. The predicted octanol–water partition coefficient (Wildman–Crippen LogP) is 3.09. The first-order chi connectivity index (χ1) is 13.0. The van der Waals surface area contributed by atoms with Crippen LogP contribution >= 0.6 is 0 Å². The Labute approximate surface area is 160 Å². The maximum atomic E-state index is 12.7. The number of amides is 2. The molecule has 7 heteroatoms. The standard InChI is InChI=1S/C20H28N2O5/c1-5-7-14-12-15(13-17(25-3)18(14)26-4)19(23)21-16-8-10-22(11-9-16)20(24)27-6-2/h5,7,12-13,16H,6,8-11H2,1-4H3,(H,21,23)/b7-5+. The summed E-state index contributed by atoms with van der Waals surface area (Å²) in [7, 11) is 3.12. The second-order valence-electron chi connectivity index (χ2n) is 6.23. The van der Waals surface area contributed by atoms with Crippen molar-refractivity contribution in [1.82, 2.24) is 10.2 Å². The van der Waals surface area contributed by atoms with E-state index in [0.717, 1.165) is 5.56 Å². The highest BCUT2D eigenvalue weighted by Crippen LogP contribution is 2.33. The fourth-order valence-electron chi connectivity index (χ4n) is 3.12. The van der Waals surface area contributed by atoms with Crippen molar-refractivity contribution in [3.8, 4) is 11.5 Å². The molecule has 1 aliphatic heterocycles. The topological polar surface area (TPSA) is 77.1 Å². The van der Waals surface area contributed by atoms with Crippen LogP contribution in [-0.4, -0.2) is 56.9 Å². The zero-order valence-electron chi connectivity index (χ0n) is 16.4. The van der Waals surface area contributed by atoms with Gasteiger partial charge in [0.05, 0.1) is 20.8 Å². The lowest BCUT2D eigenvalue weighted by atomic mass is 10.0. The van der Waals surface area contributed by atoms with Crippen LogP contribution in [0.4, 0.5) is 4.79 Å². The molecule has 0 spiro atoms. The molecule has 1 N–H and O–H groups in total. The van der Waals surface area contributed by atoms with Crippen molar-refractivity contribution in [2.45, 2.75) is 32.7 Å². The van der Waals surface area contributed by atoms with Crippen molar-refractivity contribution in [3.63, 3.8) is 0 Å². The average Bonchev–Trinajstić information content (AvgIpc) is 2.68. The highest BCUT2D eigenvalue weighted by molar-refractivity contribution is 5.96. The van der Waals surface area contributed by atoms with Gasteiger partial charge < -0.3 is 24.4 Å². The highest BCUT2D eigenvalue weighted by Gasteiger charge is 2.25. The molecule has 2 amide bonds. The first kappa shape index (κ1) is 20.6. The van der Waals surface area contributed by atoms with Gasteiger partial charge in [-0.1, -0.05) is 12.2 Å².